The van der Waals surface area contributed by atoms with Crippen LogP contribution in [0.4, 0.5) is 0 Å². The zero-order chi connectivity index (χ0) is 21.7. The van der Waals surface area contributed by atoms with E-state index in [1.54, 1.807) is 6.07 Å². The van der Waals surface area contributed by atoms with E-state index in [1.807, 2.05) is 60.9 Å². The largest absolute Gasteiger partial charge is 0.469 e. The molecule has 2 aromatic carbocycles. The van der Waals surface area contributed by atoms with Gasteiger partial charge in [-0.3, -0.25) is 14.4 Å². The van der Waals surface area contributed by atoms with E-state index < -0.39 is 5.97 Å². The number of nitrogens with zero attached hydrogens (tertiary/aromatic N) is 1. The summed E-state index contributed by atoms with van der Waals surface area (Å²) < 4.78 is 11.8. The summed E-state index contributed by atoms with van der Waals surface area (Å²) in [5.74, 6) is -1.02. The Kier molecular flexibility index (Phi) is 6.67. The highest BCUT2D eigenvalue weighted by Crippen LogP contribution is 2.20. The van der Waals surface area contributed by atoms with E-state index in [9.17, 15) is 14.4 Å². The number of Topliss-reactive ketones (excluding diaryl/α,β-unsaturated/α-hetero) is 1. The Bertz CT molecular complexity index is 1090. The average molecular weight is 407 g/mol. The molecule has 0 unspecified atom stereocenters. The molecule has 0 fully saturated rings. The number of ketones is 1. The number of carbonyl (C=O) groups excluding carboxylic acids is 3. The second kappa shape index (κ2) is 9.39. The van der Waals surface area contributed by atoms with Gasteiger partial charge in [-0.15, -0.1) is 0 Å². The van der Waals surface area contributed by atoms with Gasteiger partial charge in [0, 0.05) is 23.5 Å². The Labute approximate surface area is 175 Å². The maximum Gasteiger partial charge on any atom is 0.310 e. The van der Waals surface area contributed by atoms with Crippen molar-refractivity contribution < 1.29 is 23.9 Å². The van der Waals surface area contributed by atoms with Gasteiger partial charge in [-0.1, -0.05) is 42.5 Å². The van der Waals surface area contributed by atoms with Gasteiger partial charge >= 0.3 is 11.9 Å². The third-order valence-corrected chi connectivity index (χ3v) is 5.22. The van der Waals surface area contributed by atoms with E-state index in [0.717, 1.165) is 27.7 Å². The van der Waals surface area contributed by atoms with E-state index in [4.69, 9.17) is 4.74 Å². The fraction of sp³-hybridized carbons (Fsp3) is 0.292. The topological polar surface area (TPSA) is 74.6 Å². The molecule has 0 atom stereocenters. The van der Waals surface area contributed by atoms with Crippen LogP contribution in [-0.4, -0.2) is 36.0 Å². The zero-order valence-corrected chi connectivity index (χ0v) is 17.4. The fourth-order valence-electron chi connectivity index (χ4n) is 3.61. The lowest BCUT2D eigenvalue weighted by Crippen LogP contribution is -2.16. The number of rotatable bonds is 8. The second-order valence-electron chi connectivity index (χ2n) is 7.16. The minimum absolute atomic E-state index is 0.104. The molecular formula is C24H25NO5. The van der Waals surface area contributed by atoms with Gasteiger partial charge in [0.15, 0.2) is 6.61 Å². The molecule has 0 saturated carbocycles. The summed E-state index contributed by atoms with van der Waals surface area (Å²) in [5.41, 5.74) is 2.97. The normalized spacial score (nSPS) is 10.8. The predicted octanol–water partition coefficient (Wildman–Crippen LogP) is 3.79. The molecule has 0 amide bonds. The van der Waals surface area contributed by atoms with Crippen molar-refractivity contribution >= 4 is 28.5 Å². The molecule has 0 aliphatic carbocycles. The van der Waals surface area contributed by atoms with Crippen LogP contribution in [0.3, 0.4) is 0 Å². The first kappa shape index (κ1) is 21.3. The molecule has 0 aliphatic heterocycles. The number of hydrogen-bond donors (Lipinski definition) is 0. The highest BCUT2D eigenvalue weighted by atomic mass is 16.5. The molecule has 1 heterocycles. The number of fused-ring (bicyclic) bond motifs is 1. The van der Waals surface area contributed by atoms with Crippen molar-refractivity contribution in [3.63, 3.8) is 0 Å². The molecule has 1 aromatic heterocycles. The first-order valence-electron chi connectivity index (χ1n) is 9.79. The number of methoxy groups -OCH3 is 1. The van der Waals surface area contributed by atoms with Crippen molar-refractivity contribution in [1.82, 2.24) is 4.57 Å². The minimum atomic E-state index is -0.445. The van der Waals surface area contributed by atoms with Crippen LogP contribution in [0, 0.1) is 13.8 Å². The number of aryl methyl sites for hydroxylation is 1. The van der Waals surface area contributed by atoms with Crippen molar-refractivity contribution in [2.45, 2.75) is 33.2 Å². The molecule has 3 aromatic rings. The van der Waals surface area contributed by atoms with E-state index in [2.05, 4.69) is 4.74 Å². The molecule has 0 spiro atoms. The van der Waals surface area contributed by atoms with Crippen LogP contribution in [0.15, 0.2) is 48.5 Å². The standard InChI is InChI=1S/C24H25NO5/c1-16-13-21(17(2)25(16)12-11-23(27)29-3)22(26)15-30-24(28)14-19-9-6-8-18-7-4-5-10-20(18)19/h4-10,13H,11-12,14-15H2,1-3H3. The lowest BCUT2D eigenvalue weighted by molar-refractivity contribution is -0.142. The molecule has 0 aliphatic rings. The van der Waals surface area contributed by atoms with Crippen LogP contribution in [0.5, 0.6) is 0 Å². The Morgan fingerprint density at radius 2 is 1.70 bits per heavy atom. The SMILES string of the molecule is COC(=O)CCn1c(C)cc(C(=O)COC(=O)Cc2cccc3ccccc23)c1C. The molecule has 0 N–H and O–H groups in total. The maximum absolute atomic E-state index is 12.6. The maximum atomic E-state index is 12.6. The highest BCUT2D eigenvalue weighted by molar-refractivity contribution is 5.99. The summed E-state index contributed by atoms with van der Waals surface area (Å²) in [6, 6.07) is 15.4. The molecule has 0 saturated heterocycles. The first-order valence-corrected chi connectivity index (χ1v) is 9.79. The monoisotopic (exact) mass is 407 g/mol. The first-order chi connectivity index (χ1) is 14.4. The number of hydrogen-bond acceptors (Lipinski definition) is 5. The lowest BCUT2D eigenvalue weighted by atomic mass is 10.0. The van der Waals surface area contributed by atoms with Crippen LogP contribution in [0.2, 0.25) is 0 Å². The number of esters is 2. The molecule has 6 heteroatoms. The number of aromatic nitrogens is 1. The van der Waals surface area contributed by atoms with Gasteiger partial charge in [-0.05, 0) is 36.2 Å². The molecule has 0 radical (unpaired) electrons. The number of ether oxygens (including phenoxy) is 2. The van der Waals surface area contributed by atoms with Crippen molar-refractivity contribution in [3.05, 3.63) is 71.0 Å². The quantitative estimate of drug-likeness (QED) is 0.420. The lowest BCUT2D eigenvalue weighted by Gasteiger charge is -2.09. The summed E-state index contributed by atoms with van der Waals surface area (Å²) in [6.07, 6.45) is 0.327. The van der Waals surface area contributed by atoms with Gasteiger partial charge in [0.1, 0.15) is 0 Å². The van der Waals surface area contributed by atoms with Crippen LogP contribution in [-0.2, 0) is 32.0 Å². The Morgan fingerprint density at radius 1 is 0.967 bits per heavy atom. The van der Waals surface area contributed by atoms with Gasteiger partial charge in [0.05, 0.1) is 20.0 Å². The predicted molar refractivity (Wildman–Crippen MR) is 113 cm³/mol. The van der Waals surface area contributed by atoms with Crippen molar-refractivity contribution in [2.24, 2.45) is 0 Å². The zero-order valence-electron chi connectivity index (χ0n) is 17.4. The Balaban J connectivity index is 1.62. The fourth-order valence-corrected chi connectivity index (χ4v) is 3.61. The Hall–Kier alpha value is -3.41. The molecular weight excluding hydrogens is 382 g/mol. The van der Waals surface area contributed by atoms with Crippen molar-refractivity contribution in [2.75, 3.05) is 13.7 Å². The molecule has 30 heavy (non-hydrogen) atoms. The molecule has 0 bridgehead atoms. The van der Waals surface area contributed by atoms with Crippen LogP contribution in [0.1, 0.15) is 33.7 Å². The van der Waals surface area contributed by atoms with E-state index in [-0.39, 0.29) is 31.2 Å². The molecule has 156 valence electrons. The van der Waals surface area contributed by atoms with E-state index in [1.165, 1.54) is 7.11 Å². The number of benzene rings is 2. The van der Waals surface area contributed by atoms with E-state index >= 15 is 0 Å². The third kappa shape index (κ3) is 4.76. The third-order valence-electron chi connectivity index (χ3n) is 5.22. The molecule has 6 nitrogen and oxygen atoms in total. The summed E-state index contributed by atoms with van der Waals surface area (Å²) in [6.45, 7) is 3.80. The average Bonchev–Trinajstić information content (AvgIpc) is 3.04. The van der Waals surface area contributed by atoms with Crippen molar-refractivity contribution in [1.29, 1.82) is 0 Å². The summed E-state index contributed by atoms with van der Waals surface area (Å²) in [4.78, 5) is 36.3. The second-order valence-corrected chi connectivity index (χ2v) is 7.16. The number of carbonyl (C=O) groups is 3. The van der Waals surface area contributed by atoms with Gasteiger partial charge in [0.25, 0.3) is 0 Å². The van der Waals surface area contributed by atoms with Crippen molar-refractivity contribution in [3.8, 4) is 0 Å². The molecule has 3 rings (SSSR count). The van der Waals surface area contributed by atoms with E-state index in [0.29, 0.717) is 12.1 Å². The summed E-state index contributed by atoms with van der Waals surface area (Å²) in [5, 5.41) is 2.05. The van der Waals surface area contributed by atoms with Gasteiger partial charge in [-0.2, -0.15) is 0 Å². The van der Waals surface area contributed by atoms with Crippen LogP contribution in [0.25, 0.3) is 10.8 Å². The summed E-state index contributed by atoms with van der Waals surface area (Å²) >= 11 is 0. The van der Waals surface area contributed by atoms with Gasteiger partial charge in [-0.25, -0.2) is 0 Å². The smallest absolute Gasteiger partial charge is 0.310 e. The summed E-state index contributed by atoms with van der Waals surface area (Å²) in [7, 11) is 1.35. The van der Waals surface area contributed by atoms with Gasteiger partial charge < -0.3 is 14.0 Å². The van der Waals surface area contributed by atoms with Crippen LogP contribution < -0.4 is 0 Å². The Morgan fingerprint density at radius 3 is 2.47 bits per heavy atom. The van der Waals surface area contributed by atoms with Crippen LogP contribution >= 0.6 is 0 Å². The van der Waals surface area contributed by atoms with Gasteiger partial charge in [0.2, 0.25) is 5.78 Å². The highest BCUT2D eigenvalue weighted by Gasteiger charge is 2.18. The minimum Gasteiger partial charge on any atom is -0.469 e.